The molecule has 28 heavy (non-hydrogen) atoms. The second-order valence-corrected chi connectivity index (χ2v) is 6.48. The highest BCUT2D eigenvalue weighted by Crippen LogP contribution is 2.31. The molecular weight excluding hydrogens is 362 g/mol. The van der Waals surface area contributed by atoms with E-state index in [2.05, 4.69) is 5.32 Å². The zero-order chi connectivity index (χ0) is 20.1. The van der Waals surface area contributed by atoms with Crippen LogP contribution in [-0.2, 0) is 20.7 Å². The third kappa shape index (κ3) is 4.49. The average molecular weight is 383 g/mol. The van der Waals surface area contributed by atoms with Crippen molar-refractivity contribution in [3.8, 4) is 5.75 Å². The van der Waals surface area contributed by atoms with Gasteiger partial charge in [0.1, 0.15) is 17.9 Å². The molecule has 2 unspecified atom stereocenters. The molecule has 1 heterocycles. The number of nitrogens with one attached hydrogen (secondary N) is 1. The molecule has 2 N–H and O–H groups in total. The summed E-state index contributed by atoms with van der Waals surface area (Å²) in [6.07, 6.45) is 0.512. The molecule has 0 aliphatic carbocycles. The Hall–Kier alpha value is -3.35. The number of fused-ring (bicyclic) bond motifs is 1. The summed E-state index contributed by atoms with van der Waals surface area (Å²) in [4.78, 5) is 34.9. The van der Waals surface area contributed by atoms with Gasteiger partial charge in [-0.3, -0.25) is 4.79 Å². The number of carboxylic acid groups (broad SMARTS) is 1. The maximum atomic E-state index is 12.1. The molecule has 1 aliphatic heterocycles. The van der Waals surface area contributed by atoms with E-state index in [9.17, 15) is 14.4 Å². The molecule has 0 radical (unpaired) electrons. The summed E-state index contributed by atoms with van der Waals surface area (Å²) in [6.45, 7) is 1.39. The van der Waals surface area contributed by atoms with Crippen LogP contribution in [0, 0.1) is 0 Å². The number of hydrogen-bond donors (Lipinski definition) is 2. The summed E-state index contributed by atoms with van der Waals surface area (Å²) in [7, 11) is 0. The minimum Gasteiger partial charge on any atom is -0.484 e. The number of carbonyl (C=O) groups excluding carboxylic acids is 2. The van der Waals surface area contributed by atoms with Crippen LogP contribution < -0.4 is 10.1 Å². The van der Waals surface area contributed by atoms with Gasteiger partial charge in [-0.05, 0) is 35.7 Å². The van der Waals surface area contributed by atoms with Crippen molar-refractivity contribution in [3.05, 3.63) is 65.2 Å². The number of rotatable bonds is 7. The highest BCUT2D eigenvalue weighted by atomic mass is 16.5. The molecule has 0 saturated heterocycles. The fourth-order valence-electron chi connectivity index (χ4n) is 3.02. The van der Waals surface area contributed by atoms with Crippen molar-refractivity contribution in [3.63, 3.8) is 0 Å². The third-order valence-electron chi connectivity index (χ3n) is 4.56. The quantitative estimate of drug-likeness (QED) is 0.713. The van der Waals surface area contributed by atoms with Gasteiger partial charge in [-0.15, -0.1) is 0 Å². The summed E-state index contributed by atoms with van der Waals surface area (Å²) in [6, 6.07) is 13.4. The summed E-state index contributed by atoms with van der Waals surface area (Å²) < 4.78 is 10.9. The number of esters is 1. The minimum absolute atomic E-state index is 0.283. The molecule has 1 aliphatic rings. The zero-order valence-electron chi connectivity index (χ0n) is 15.4. The first-order valence-corrected chi connectivity index (χ1v) is 9.01. The van der Waals surface area contributed by atoms with Crippen molar-refractivity contribution >= 4 is 17.8 Å². The highest BCUT2D eigenvalue weighted by Gasteiger charge is 2.27. The van der Waals surface area contributed by atoms with Gasteiger partial charge in [0, 0.05) is 6.42 Å². The van der Waals surface area contributed by atoms with Gasteiger partial charge in [-0.1, -0.05) is 37.3 Å². The molecule has 146 valence electrons. The first-order valence-electron chi connectivity index (χ1n) is 9.01. The van der Waals surface area contributed by atoms with Crippen LogP contribution in [0.3, 0.4) is 0 Å². The molecule has 2 aromatic rings. The van der Waals surface area contributed by atoms with Crippen LogP contribution in [0.15, 0.2) is 48.5 Å². The van der Waals surface area contributed by atoms with Crippen LogP contribution in [0.4, 0.5) is 0 Å². The molecule has 0 saturated carbocycles. The lowest BCUT2D eigenvalue weighted by molar-refractivity contribution is -0.142. The van der Waals surface area contributed by atoms with Crippen molar-refractivity contribution in [2.24, 2.45) is 0 Å². The summed E-state index contributed by atoms with van der Waals surface area (Å²) in [5, 5.41) is 11.3. The van der Waals surface area contributed by atoms with E-state index in [0.717, 1.165) is 11.1 Å². The maximum absolute atomic E-state index is 12.1. The Labute approximate surface area is 162 Å². The molecule has 0 bridgehead atoms. The van der Waals surface area contributed by atoms with Crippen LogP contribution in [0.25, 0.3) is 0 Å². The highest BCUT2D eigenvalue weighted by molar-refractivity contribution is 5.92. The fraction of sp³-hybridized carbons (Fsp3) is 0.286. The molecule has 1 amide bonds. The Morgan fingerprint density at radius 2 is 1.93 bits per heavy atom. The van der Waals surface area contributed by atoms with Gasteiger partial charge in [0.25, 0.3) is 5.91 Å². The largest absolute Gasteiger partial charge is 0.484 e. The Balaban J connectivity index is 1.58. The smallest absolute Gasteiger partial charge is 0.339 e. The number of ether oxygens (including phenoxy) is 2. The van der Waals surface area contributed by atoms with E-state index in [-0.39, 0.29) is 18.7 Å². The Kier molecular flexibility index (Phi) is 5.93. The number of carboxylic acids is 1. The van der Waals surface area contributed by atoms with Gasteiger partial charge in [0.2, 0.25) is 0 Å². The SMILES string of the molecule is CCC(NC(=O)COc1ccc(C2Cc3ccccc3C(=O)O2)cc1)C(=O)O. The van der Waals surface area contributed by atoms with Crippen LogP contribution in [-0.4, -0.2) is 35.6 Å². The predicted octanol–water partition coefficient (Wildman–Crippen LogP) is 2.50. The lowest BCUT2D eigenvalue weighted by Gasteiger charge is -2.25. The molecule has 0 fully saturated rings. The van der Waals surface area contributed by atoms with Gasteiger partial charge in [0.05, 0.1) is 5.56 Å². The summed E-state index contributed by atoms with van der Waals surface area (Å²) in [5.74, 6) is -1.46. The number of hydrogen-bond acceptors (Lipinski definition) is 5. The summed E-state index contributed by atoms with van der Waals surface area (Å²) in [5.41, 5.74) is 2.37. The number of benzene rings is 2. The molecule has 7 nitrogen and oxygen atoms in total. The van der Waals surface area contributed by atoms with E-state index in [4.69, 9.17) is 14.6 Å². The number of carbonyl (C=O) groups is 3. The summed E-state index contributed by atoms with van der Waals surface area (Å²) >= 11 is 0. The van der Waals surface area contributed by atoms with Crippen LogP contribution in [0.1, 0.15) is 40.9 Å². The fourth-order valence-corrected chi connectivity index (χ4v) is 3.02. The first-order chi connectivity index (χ1) is 13.5. The molecule has 2 aromatic carbocycles. The van der Waals surface area contributed by atoms with Gasteiger partial charge in [0.15, 0.2) is 6.61 Å². The Morgan fingerprint density at radius 1 is 1.21 bits per heavy atom. The lowest BCUT2D eigenvalue weighted by Crippen LogP contribution is -2.42. The van der Waals surface area contributed by atoms with E-state index in [1.54, 1.807) is 37.3 Å². The average Bonchev–Trinajstić information content (AvgIpc) is 2.70. The first kappa shape index (κ1) is 19.4. The standard InChI is InChI=1S/C21H21NO6/c1-2-17(20(24)25)22-19(23)12-27-15-9-7-13(8-10-15)18-11-14-5-3-4-6-16(14)21(26)28-18/h3-10,17-18H,2,11-12H2,1H3,(H,22,23)(H,24,25). The number of cyclic esters (lactones) is 1. The number of amides is 1. The minimum atomic E-state index is -1.08. The third-order valence-corrected chi connectivity index (χ3v) is 4.56. The monoisotopic (exact) mass is 383 g/mol. The normalized spacial score (nSPS) is 16.5. The number of aliphatic carboxylic acids is 1. The van der Waals surface area contributed by atoms with E-state index in [1.165, 1.54) is 0 Å². The van der Waals surface area contributed by atoms with E-state index in [0.29, 0.717) is 24.2 Å². The topological polar surface area (TPSA) is 102 Å². The van der Waals surface area contributed by atoms with Crippen LogP contribution >= 0.6 is 0 Å². The van der Waals surface area contributed by atoms with Gasteiger partial charge >= 0.3 is 11.9 Å². The van der Waals surface area contributed by atoms with Gasteiger partial charge < -0.3 is 19.9 Å². The van der Waals surface area contributed by atoms with E-state index in [1.807, 2.05) is 18.2 Å². The van der Waals surface area contributed by atoms with Crippen molar-refractivity contribution in [1.82, 2.24) is 5.32 Å². The molecule has 0 spiro atoms. The predicted molar refractivity (Wildman–Crippen MR) is 100 cm³/mol. The van der Waals surface area contributed by atoms with Crippen LogP contribution in [0.2, 0.25) is 0 Å². The molecule has 7 heteroatoms. The molecule has 3 rings (SSSR count). The van der Waals surface area contributed by atoms with Crippen molar-refractivity contribution in [2.45, 2.75) is 31.9 Å². The second-order valence-electron chi connectivity index (χ2n) is 6.48. The van der Waals surface area contributed by atoms with Crippen LogP contribution in [0.5, 0.6) is 5.75 Å². The van der Waals surface area contributed by atoms with Crippen molar-refractivity contribution < 1.29 is 29.0 Å². The van der Waals surface area contributed by atoms with Gasteiger partial charge in [-0.2, -0.15) is 0 Å². The van der Waals surface area contributed by atoms with Crippen molar-refractivity contribution in [2.75, 3.05) is 6.61 Å². The Morgan fingerprint density at radius 3 is 2.61 bits per heavy atom. The van der Waals surface area contributed by atoms with E-state index >= 15 is 0 Å². The second kappa shape index (κ2) is 8.56. The van der Waals surface area contributed by atoms with Crippen molar-refractivity contribution in [1.29, 1.82) is 0 Å². The molecule has 0 aromatic heterocycles. The zero-order valence-corrected chi connectivity index (χ0v) is 15.4. The molecule has 2 atom stereocenters. The van der Waals surface area contributed by atoms with Gasteiger partial charge in [-0.25, -0.2) is 9.59 Å². The lowest BCUT2D eigenvalue weighted by atomic mass is 9.95. The maximum Gasteiger partial charge on any atom is 0.339 e. The Bertz CT molecular complexity index is 877. The van der Waals surface area contributed by atoms with E-state index < -0.39 is 17.9 Å². The molecular formula is C21H21NO6.